The minimum absolute atomic E-state index is 0.638. The molecule has 0 bridgehead atoms. The fraction of sp³-hybridized carbons (Fsp3) is 0.143. The molecule has 0 heterocycles. The lowest BCUT2D eigenvalue weighted by molar-refractivity contribution is -0.0520. The average molecular weight is 226 g/mol. The molecule has 0 saturated heterocycles. The maximum atomic E-state index is 12.9. The predicted octanol–water partition coefficient (Wildman–Crippen LogP) is 2.01. The molecule has 0 aliphatic carbocycles. The van der Waals surface area contributed by atoms with E-state index < -0.39 is 34.2 Å². The number of hydrogen-bond acceptors (Lipinski definition) is 2. The summed E-state index contributed by atoms with van der Waals surface area (Å²) in [6, 6.07) is 2.96. The summed E-state index contributed by atoms with van der Waals surface area (Å²) in [5.41, 5.74) is 0. The molecule has 1 rings (SSSR count). The largest absolute Gasteiger partial charge is 0.433 e. The van der Waals surface area contributed by atoms with Crippen LogP contribution in [-0.4, -0.2) is 15.4 Å². The summed E-state index contributed by atoms with van der Waals surface area (Å²) in [6.45, 7) is -3.17. The Balaban J connectivity index is 3.14. The summed E-state index contributed by atoms with van der Waals surface area (Å²) < 4.78 is 59.5. The zero-order valence-electron chi connectivity index (χ0n) is 6.62. The van der Waals surface area contributed by atoms with Gasteiger partial charge in [-0.05, 0) is 12.1 Å². The number of halogens is 3. The molecule has 0 fully saturated rings. The molecule has 1 aromatic rings. The van der Waals surface area contributed by atoms with Crippen LogP contribution in [0.15, 0.2) is 23.1 Å². The van der Waals surface area contributed by atoms with Gasteiger partial charge in [-0.1, -0.05) is 6.07 Å². The Kier molecular flexibility index (Phi) is 3.48. The third-order valence-electron chi connectivity index (χ3n) is 1.32. The van der Waals surface area contributed by atoms with E-state index in [0.717, 1.165) is 18.2 Å². The molecule has 1 N–H and O–H groups in total. The van der Waals surface area contributed by atoms with Crippen LogP contribution in [0.4, 0.5) is 13.2 Å². The van der Waals surface area contributed by atoms with E-state index >= 15 is 0 Å². The van der Waals surface area contributed by atoms with Gasteiger partial charge in [0.25, 0.3) is 0 Å². The molecule has 78 valence electrons. The Morgan fingerprint density at radius 2 is 2.07 bits per heavy atom. The third kappa shape index (κ3) is 2.46. The predicted molar refractivity (Wildman–Crippen MR) is 42.1 cm³/mol. The van der Waals surface area contributed by atoms with Gasteiger partial charge in [0, 0.05) is 0 Å². The van der Waals surface area contributed by atoms with E-state index in [2.05, 4.69) is 4.74 Å². The Morgan fingerprint density at radius 1 is 1.43 bits per heavy atom. The maximum absolute atomic E-state index is 12.9. The number of ether oxygens (including phenoxy) is 1. The molecule has 14 heavy (non-hydrogen) atoms. The molecule has 7 heteroatoms. The summed E-state index contributed by atoms with van der Waals surface area (Å²) >= 11 is -2.70. The highest BCUT2D eigenvalue weighted by atomic mass is 32.2. The Hall–Kier alpha value is -1.08. The molecule has 0 amide bonds. The highest BCUT2D eigenvalue weighted by molar-refractivity contribution is 7.79. The zero-order valence-corrected chi connectivity index (χ0v) is 7.43. The lowest BCUT2D eigenvalue weighted by Crippen LogP contribution is -2.06. The van der Waals surface area contributed by atoms with Crippen LogP contribution in [0.2, 0.25) is 0 Å². The van der Waals surface area contributed by atoms with Crippen LogP contribution < -0.4 is 4.74 Å². The average Bonchev–Trinajstić information content (AvgIpc) is 2.01. The molecule has 3 nitrogen and oxygen atoms in total. The van der Waals surface area contributed by atoms with Gasteiger partial charge in [0.2, 0.25) is 0 Å². The van der Waals surface area contributed by atoms with Crippen molar-refractivity contribution in [2.45, 2.75) is 11.5 Å². The van der Waals surface area contributed by atoms with Gasteiger partial charge in [0.1, 0.15) is 16.5 Å². The number of rotatable bonds is 3. The van der Waals surface area contributed by atoms with Crippen LogP contribution in [0.5, 0.6) is 5.75 Å². The monoisotopic (exact) mass is 226 g/mol. The van der Waals surface area contributed by atoms with Crippen LogP contribution in [0.1, 0.15) is 0 Å². The molecule has 0 spiro atoms. The summed E-state index contributed by atoms with van der Waals surface area (Å²) in [6.07, 6.45) is 0. The Labute approximate surface area is 79.8 Å². The molecule has 0 aromatic heterocycles. The van der Waals surface area contributed by atoms with Crippen molar-refractivity contribution in [1.29, 1.82) is 0 Å². The first-order chi connectivity index (χ1) is 6.52. The van der Waals surface area contributed by atoms with Crippen molar-refractivity contribution in [3.63, 3.8) is 0 Å². The summed E-state index contributed by atoms with van der Waals surface area (Å²) in [5, 5.41) is 0. The second-order valence-electron chi connectivity index (χ2n) is 2.19. The molecule has 1 unspecified atom stereocenters. The van der Waals surface area contributed by atoms with Gasteiger partial charge in [-0.3, -0.25) is 0 Å². The molecular weight excluding hydrogens is 221 g/mol. The first kappa shape index (κ1) is 11.0. The maximum Gasteiger partial charge on any atom is 0.387 e. The van der Waals surface area contributed by atoms with E-state index in [4.69, 9.17) is 4.55 Å². The van der Waals surface area contributed by atoms with Crippen molar-refractivity contribution in [3.05, 3.63) is 24.0 Å². The minimum Gasteiger partial charge on any atom is -0.433 e. The molecule has 0 aliphatic heterocycles. The Morgan fingerprint density at radius 3 is 2.57 bits per heavy atom. The van der Waals surface area contributed by atoms with E-state index in [0.29, 0.717) is 0 Å². The van der Waals surface area contributed by atoms with Gasteiger partial charge >= 0.3 is 6.61 Å². The van der Waals surface area contributed by atoms with Crippen LogP contribution in [0, 0.1) is 5.82 Å². The lowest BCUT2D eigenvalue weighted by Gasteiger charge is -2.07. The fourth-order valence-electron chi connectivity index (χ4n) is 0.847. The molecule has 1 atom stereocenters. The zero-order chi connectivity index (χ0) is 10.7. The van der Waals surface area contributed by atoms with Crippen LogP contribution >= 0.6 is 0 Å². The van der Waals surface area contributed by atoms with Gasteiger partial charge in [0.05, 0.1) is 0 Å². The van der Waals surface area contributed by atoms with Crippen molar-refractivity contribution in [1.82, 2.24) is 0 Å². The lowest BCUT2D eigenvalue weighted by atomic mass is 10.3. The highest BCUT2D eigenvalue weighted by Crippen LogP contribution is 2.25. The van der Waals surface area contributed by atoms with E-state index in [-0.39, 0.29) is 0 Å². The molecule has 0 saturated carbocycles. The Bertz CT molecular complexity index is 356. The molecule has 0 aliphatic rings. The van der Waals surface area contributed by atoms with Crippen LogP contribution in [-0.2, 0) is 11.1 Å². The van der Waals surface area contributed by atoms with Gasteiger partial charge in [-0.25, -0.2) is 8.60 Å². The fourth-order valence-corrected chi connectivity index (χ4v) is 1.37. The van der Waals surface area contributed by atoms with Crippen molar-refractivity contribution < 1.29 is 26.7 Å². The summed E-state index contributed by atoms with van der Waals surface area (Å²) in [5.74, 6) is -1.70. The number of hydrogen-bond donors (Lipinski definition) is 1. The third-order valence-corrected chi connectivity index (χ3v) is 2.07. The van der Waals surface area contributed by atoms with E-state index in [1.165, 1.54) is 0 Å². The molecule has 1 aromatic carbocycles. The van der Waals surface area contributed by atoms with Crippen molar-refractivity contribution >= 4 is 11.1 Å². The standard InChI is InChI=1S/C7H5F3O3S/c8-4-2-1-3-5(13-7(9)10)6(4)14(11)12/h1-3,7H,(H,11,12). The second kappa shape index (κ2) is 4.43. The first-order valence-corrected chi connectivity index (χ1v) is 4.47. The minimum atomic E-state index is -3.17. The normalized spacial score (nSPS) is 12.9. The van der Waals surface area contributed by atoms with Gasteiger partial charge < -0.3 is 9.29 Å². The van der Waals surface area contributed by atoms with Crippen LogP contribution in [0.25, 0.3) is 0 Å². The van der Waals surface area contributed by atoms with Crippen molar-refractivity contribution in [3.8, 4) is 5.75 Å². The topological polar surface area (TPSA) is 46.5 Å². The van der Waals surface area contributed by atoms with E-state index in [1.807, 2.05) is 0 Å². The second-order valence-corrected chi connectivity index (χ2v) is 3.10. The summed E-state index contributed by atoms with van der Waals surface area (Å²) in [7, 11) is 0. The van der Waals surface area contributed by atoms with Crippen molar-refractivity contribution in [2.75, 3.05) is 0 Å². The van der Waals surface area contributed by atoms with Crippen molar-refractivity contribution in [2.24, 2.45) is 0 Å². The quantitative estimate of drug-likeness (QED) is 0.802. The van der Waals surface area contributed by atoms with Crippen LogP contribution in [0.3, 0.4) is 0 Å². The van der Waals surface area contributed by atoms with Gasteiger partial charge in [0.15, 0.2) is 11.1 Å². The summed E-state index contributed by atoms with van der Waals surface area (Å²) in [4.78, 5) is -0.784. The smallest absolute Gasteiger partial charge is 0.387 e. The van der Waals surface area contributed by atoms with E-state index in [1.54, 1.807) is 0 Å². The van der Waals surface area contributed by atoms with Gasteiger partial charge in [-0.15, -0.1) is 0 Å². The first-order valence-electron chi connectivity index (χ1n) is 3.36. The molecular formula is C7H5F3O3S. The number of alkyl halides is 2. The van der Waals surface area contributed by atoms with Gasteiger partial charge in [-0.2, -0.15) is 8.78 Å². The SMILES string of the molecule is O=S(O)c1c(F)cccc1OC(F)F. The molecule has 0 radical (unpaired) electrons. The van der Waals surface area contributed by atoms with E-state index in [9.17, 15) is 17.4 Å². The number of benzene rings is 1. The highest BCUT2D eigenvalue weighted by Gasteiger charge is 2.17.